The van der Waals surface area contributed by atoms with Gasteiger partial charge in [0.15, 0.2) is 6.33 Å². The molecular weight excluding hydrogens is 345 g/mol. The molecule has 25 heavy (non-hydrogen) atoms. The highest BCUT2D eigenvalue weighted by atomic mass is 35.5. The molecule has 2 aromatic carbocycles. The lowest BCUT2D eigenvalue weighted by Crippen LogP contribution is -2.04. The summed E-state index contributed by atoms with van der Waals surface area (Å²) >= 11 is 6.21. The molecule has 0 fully saturated rings. The van der Waals surface area contributed by atoms with Crippen molar-refractivity contribution in [2.75, 3.05) is 0 Å². The number of nitro groups is 1. The molecule has 0 aliphatic heterocycles. The van der Waals surface area contributed by atoms with Crippen LogP contribution in [0.1, 0.15) is 11.1 Å². The van der Waals surface area contributed by atoms with Crippen molar-refractivity contribution in [1.29, 1.82) is 0 Å². The Morgan fingerprint density at radius 1 is 1.24 bits per heavy atom. The zero-order valence-corrected chi connectivity index (χ0v) is 13.7. The lowest BCUT2D eigenvalue weighted by molar-refractivity contribution is -0.392. The van der Waals surface area contributed by atoms with Crippen LogP contribution in [0.25, 0.3) is 11.6 Å². The molecule has 0 N–H and O–H groups in total. The van der Waals surface area contributed by atoms with Crippen LogP contribution in [0.5, 0.6) is 0 Å². The number of rotatable bonds is 5. The minimum Gasteiger partial charge on any atom is -0.358 e. The van der Waals surface area contributed by atoms with Crippen molar-refractivity contribution < 1.29 is 9.31 Å². The van der Waals surface area contributed by atoms with Crippen LogP contribution in [0, 0.1) is 15.9 Å². The molecule has 5 nitrogen and oxygen atoms in total. The monoisotopic (exact) mass is 357 g/mol. The molecule has 3 rings (SSSR count). The van der Waals surface area contributed by atoms with Crippen LogP contribution in [0.4, 0.5) is 10.2 Å². The SMILES string of the molecule is O=[N+]([O-])c1cncn1CC(=Cc1ccccc1Cl)c1ccc(F)cc1. The fourth-order valence-corrected chi connectivity index (χ4v) is 2.63. The maximum absolute atomic E-state index is 13.2. The number of aromatic nitrogens is 2. The summed E-state index contributed by atoms with van der Waals surface area (Å²) in [6.45, 7) is 0.202. The lowest BCUT2D eigenvalue weighted by atomic mass is 10.0. The summed E-state index contributed by atoms with van der Waals surface area (Å²) < 4.78 is 14.7. The van der Waals surface area contributed by atoms with E-state index in [4.69, 9.17) is 11.6 Å². The van der Waals surface area contributed by atoms with E-state index in [0.29, 0.717) is 5.02 Å². The molecule has 1 heterocycles. The zero-order valence-electron chi connectivity index (χ0n) is 13.0. The molecule has 1 aromatic heterocycles. The summed E-state index contributed by atoms with van der Waals surface area (Å²) in [5.74, 6) is -0.471. The van der Waals surface area contributed by atoms with Gasteiger partial charge in [-0.2, -0.15) is 0 Å². The van der Waals surface area contributed by atoms with Crippen molar-refractivity contribution in [1.82, 2.24) is 9.55 Å². The molecule has 0 aliphatic carbocycles. The van der Waals surface area contributed by atoms with E-state index in [1.54, 1.807) is 18.2 Å². The molecule has 7 heteroatoms. The molecular formula is C18H13ClFN3O2. The third kappa shape index (κ3) is 3.92. The van der Waals surface area contributed by atoms with Crippen molar-refractivity contribution in [2.24, 2.45) is 0 Å². The highest BCUT2D eigenvalue weighted by Crippen LogP contribution is 2.26. The van der Waals surface area contributed by atoms with Gasteiger partial charge in [-0.05, 0) is 40.3 Å². The average molecular weight is 358 g/mol. The fourth-order valence-electron chi connectivity index (χ4n) is 2.44. The second-order valence-electron chi connectivity index (χ2n) is 5.33. The maximum atomic E-state index is 13.2. The first-order valence-corrected chi connectivity index (χ1v) is 7.78. The molecule has 126 valence electrons. The normalized spacial score (nSPS) is 11.5. The highest BCUT2D eigenvalue weighted by molar-refractivity contribution is 6.32. The number of halogens is 2. The highest BCUT2D eigenvalue weighted by Gasteiger charge is 2.16. The predicted octanol–water partition coefficient (Wildman–Crippen LogP) is 4.82. The van der Waals surface area contributed by atoms with Crippen LogP contribution < -0.4 is 0 Å². The summed E-state index contributed by atoms with van der Waals surface area (Å²) in [6.07, 6.45) is 4.42. The summed E-state index contributed by atoms with van der Waals surface area (Å²) in [5, 5.41) is 11.7. The van der Waals surface area contributed by atoms with E-state index in [0.717, 1.165) is 16.7 Å². The second kappa shape index (κ2) is 7.27. The van der Waals surface area contributed by atoms with Gasteiger partial charge in [-0.3, -0.25) is 0 Å². The average Bonchev–Trinajstić information content (AvgIpc) is 3.05. The third-order valence-corrected chi connectivity index (χ3v) is 4.01. The van der Waals surface area contributed by atoms with Gasteiger partial charge in [0.05, 0.1) is 0 Å². The first-order chi connectivity index (χ1) is 12.0. The molecule has 0 aliphatic rings. The number of benzene rings is 2. The Morgan fingerprint density at radius 3 is 2.64 bits per heavy atom. The van der Waals surface area contributed by atoms with Crippen molar-refractivity contribution >= 4 is 29.1 Å². The third-order valence-electron chi connectivity index (χ3n) is 3.67. The molecule has 0 saturated heterocycles. The predicted molar refractivity (Wildman–Crippen MR) is 94.6 cm³/mol. The topological polar surface area (TPSA) is 61.0 Å². The quantitative estimate of drug-likeness (QED) is 0.373. The van der Waals surface area contributed by atoms with E-state index in [2.05, 4.69) is 4.98 Å². The second-order valence-corrected chi connectivity index (χ2v) is 5.74. The van der Waals surface area contributed by atoms with Crippen molar-refractivity contribution in [3.8, 4) is 0 Å². The minimum absolute atomic E-state index is 0.118. The fraction of sp³-hybridized carbons (Fsp3) is 0.0556. The first-order valence-electron chi connectivity index (χ1n) is 7.40. The molecule has 3 aromatic rings. The van der Waals surface area contributed by atoms with Gasteiger partial charge in [0, 0.05) is 10.6 Å². The zero-order chi connectivity index (χ0) is 17.8. The lowest BCUT2D eigenvalue weighted by Gasteiger charge is -2.09. The minimum atomic E-state index is -0.495. The number of imidazole rings is 1. The van der Waals surface area contributed by atoms with Crippen molar-refractivity contribution in [3.63, 3.8) is 0 Å². The Kier molecular flexibility index (Phi) is 4.90. The van der Waals surface area contributed by atoms with Crippen LogP contribution in [-0.4, -0.2) is 14.5 Å². The maximum Gasteiger partial charge on any atom is 0.342 e. The van der Waals surface area contributed by atoms with Crippen LogP contribution in [0.2, 0.25) is 5.02 Å². The van der Waals surface area contributed by atoms with Gasteiger partial charge in [0.2, 0.25) is 0 Å². The Balaban J connectivity index is 2.06. The molecule has 0 saturated carbocycles. The molecule has 0 atom stereocenters. The van der Waals surface area contributed by atoms with Gasteiger partial charge in [0.1, 0.15) is 18.6 Å². The van der Waals surface area contributed by atoms with Crippen molar-refractivity contribution in [3.05, 3.63) is 93.1 Å². The molecule has 0 spiro atoms. The van der Waals surface area contributed by atoms with E-state index >= 15 is 0 Å². The smallest absolute Gasteiger partial charge is 0.342 e. The van der Waals surface area contributed by atoms with Crippen molar-refractivity contribution in [2.45, 2.75) is 6.54 Å². The van der Waals surface area contributed by atoms with Gasteiger partial charge >= 0.3 is 5.82 Å². The summed E-state index contributed by atoms with van der Waals surface area (Å²) in [7, 11) is 0. The molecule has 0 radical (unpaired) electrons. The van der Waals surface area contributed by atoms with Crippen LogP contribution in [-0.2, 0) is 6.54 Å². The van der Waals surface area contributed by atoms with Crippen LogP contribution in [0.15, 0.2) is 61.1 Å². The summed E-state index contributed by atoms with van der Waals surface area (Å²) in [4.78, 5) is 14.5. The Hall–Kier alpha value is -2.99. The first kappa shape index (κ1) is 16.9. The molecule has 0 amide bonds. The largest absolute Gasteiger partial charge is 0.358 e. The number of hydrogen-bond donors (Lipinski definition) is 0. The van der Waals surface area contributed by atoms with Gasteiger partial charge in [-0.25, -0.2) is 13.9 Å². The van der Waals surface area contributed by atoms with Gasteiger partial charge in [-0.1, -0.05) is 41.9 Å². The Labute approximate surface area is 148 Å². The molecule has 0 bridgehead atoms. The standard InChI is InChI=1S/C18H13ClFN3O2/c19-17-4-2-1-3-14(17)9-15(13-5-7-16(20)8-6-13)11-22-12-21-10-18(22)23(24)25/h1-10,12H,11H2. The van der Waals surface area contributed by atoms with E-state index in [1.807, 2.05) is 24.3 Å². The summed E-state index contributed by atoms with van der Waals surface area (Å²) in [6, 6.07) is 13.2. The van der Waals surface area contributed by atoms with E-state index < -0.39 is 4.92 Å². The van der Waals surface area contributed by atoms with E-state index in [-0.39, 0.29) is 18.2 Å². The van der Waals surface area contributed by atoms with Gasteiger partial charge in [-0.15, -0.1) is 0 Å². The summed E-state index contributed by atoms with van der Waals surface area (Å²) in [5.41, 5.74) is 2.25. The Morgan fingerprint density at radius 2 is 1.96 bits per heavy atom. The van der Waals surface area contributed by atoms with E-state index in [1.165, 1.54) is 29.2 Å². The number of allylic oxidation sites excluding steroid dienone is 1. The van der Waals surface area contributed by atoms with Crippen LogP contribution >= 0.6 is 11.6 Å². The Bertz CT molecular complexity index is 936. The van der Waals surface area contributed by atoms with Gasteiger partial charge < -0.3 is 10.1 Å². The number of nitrogens with zero attached hydrogens (tertiary/aromatic N) is 3. The van der Waals surface area contributed by atoms with E-state index in [9.17, 15) is 14.5 Å². The number of hydrogen-bond acceptors (Lipinski definition) is 3. The van der Waals surface area contributed by atoms with Crippen LogP contribution in [0.3, 0.4) is 0 Å². The molecule has 0 unspecified atom stereocenters. The van der Waals surface area contributed by atoms with Gasteiger partial charge in [0.25, 0.3) is 0 Å².